The predicted molar refractivity (Wildman–Crippen MR) is 114 cm³/mol. The maximum atomic E-state index is 11.6. The summed E-state index contributed by atoms with van der Waals surface area (Å²) in [6.07, 6.45) is 2.86. The number of carbonyl (C=O) groups is 1. The van der Waals surface area contributed by atoms with E-state index in [1.807, 2.05) is 6.07 Å². The molecule has 0 N–H and O–H groups in total. The summed E-state index contributed by atoms with van der Waals surface area (Å²) in [6, 6.07) is 21.3. The van der Waals surface area contributed by atoms with Gasteiger partial charge in [0.15, 0.2) is 0 Å². The van der Waals surface area contributed by atoms with Crippen LogP contribution in [0.2, 0.25) is 0 Å². The Morgan fingerprint density at radius 1 is 1.11 bits per heavy atom. The van der Waals surface area contributed by atoms with Crippen LogP contribution in [-0.2, 0) is 4.79 Å². The number of rotatable bonds is 5. The molecule has 144 valence electrons. The molecule has 0 amide bonds. The maximum Gasteiger partial charge on any atom is 0.131 e. The number of fused-ring (bicyclic) bond motifs is 1. The average Bonchev–Trinajstić information content (AvgIpc) is 3.04. The van der Waals surface area contributed by atoms with Crippen LogP contribution in [0.3, 0.4) is 0 Å². The third kappa shape index (κ3) is 3.92. The number of hydrazone groups is 1. The number of hydrogen-bond donors (Lipinski definition) is 0. The Kier molecular flexibility index (Phi) is 5.40. The second kappa shape index (κ2) is 8.11. The van der Waals surface area contributed by atoms with Crippen molar-refractivity contribution in [1.29, 1.82) is 0 Å². The van der Waals surface area contributed by atoms with Crippen molar-refractivity contribution in [2.24, 2.45) is 11.0 Å². The van der Waals surface area contributed by atoms with Gasteiger partial charge in [-0.25, -0.2) is 0 Å². The highest BCUT2D eigenvalue weighted by Crippen LogP contribution is 2.39. The van der Waals surface area contributed by atoms with Crippen LogP contribution in [0, 0.1) is 5.92 Å². The topological polar surface area (TPSA) is 35.9 Å². The van der Waals surface area contributed by atoms with Gasteiger partial charge in [0.05, 0.1) is 11.8 Å². The lowest BCUT2D eigenvalue weighted by molar-refractivity contribution is -0.117. The number of nitrogens with zero attached hydrogens (tertiary/aromatic N) is 3. The Balaban J connectivity index is 1.68. The van der Waals surface area contributed by atoms with E-state index in [0.717, 1.165) is 19.6 Å². The van der Waals surface area contributed by atoms with Crippen LogP contribution in [-0.4, -0.2) is 48.1 Å². The number of ketones is 1. The Hall–Kier alpha value is -2.72. The summed E-state index contributed by atoms with van der Waals surface area (Å²) in [4.78, 5) is 14.0. The minimum absolute atomic E-state index is 0.232. The first-order chi connectivity index (χ1) is 13.6. The number of Topliss-reactive ketones (excluding diaryl/α,β-unsaturated/α-hetero) is 1. The minimum atomic E-state index is 0.232. The fraction of sp³-hybridized carbons (Fsp3) is 0.333. The highest BCUT2D eigenvalue weighted by atomic mass is 16.1. The average molecular weight is 374 g/mol. The fourth-order valence-corrected chi connectivity index (χ4v) is 4.32. The monoisotopic (exact) mass is 373 g/mol. The molecule has 2 aromatic rings. The lowest BCUT2D eigenvalue weighted by atomic mass is 9.83. The molecule has 2 unspecified atom stereocenters. The molecule has 4 heteroatoms. The van der Waals surface area contributed by atoms with Gasteiger partial charge in [0, 0.05) is 39.0 Å². The molecule has 1 saturated heterocycles. The van der Waals surface area contributed by atoms with Gasteiger partial charge in [-0.3, -0.25) is 14.7 Å². The zero-order valence-corrected chi connectivity index (χ0v) is 16.6. The standard InChI is InChI=1S/C24H27N3O/c1-18(28)13-14-27-16-21(15-19-9-5-3-6-10-19)23-22(17-27)24(26(2)25-23)20-11-7-4-8-12-20/h3-12,15,22,24H,13-14,16-17H2,1-2H3/b21-15+. The molecule has 2 aromatic carbocycles. The van der Waals surface area contributed by atoms with Crippen molar-refractivity contribution in [3.63, 3.8) is 0 Å². The van der Waals surface area contributed by atoms with Crippen LogP contribution in [0.1, 0.15) is 30.5 Å². The number of likely N-dealkylation sites (tertiary alicyclic amines) is 1. The molecule has 0 spiro atoms. The molecule has 0 saturated carbocycles. The summed E-state index contributed by atoms with van der Waals surface area (Å²) >= 11 is 0. The molecule has 2 atom stereocenters. The SMILES string of the molecule is CC(=O)CCN1C/C(=C\c2ccccc2)C2=NN(C)C(c3ccccc3)C2C1. The van der Waals surface area contributed by atoms with Gasteiger partial charge in [0.1, 0.15) is 5.78 Å². The second-order valence-corrected chi connectivity index (χ2v) is 7.79. The first-order valence-electron chi connectivity index (χ1n) is 9.96. The first-order valence-corrected chi connectivity index (χ1v) is 9.96. The van der Waals surface area contributed by atoms with E-state index in [9.17, 15) is 4.79 Å². The molecule has 0 radical (unpaired) electrons. The van der Waals surface area contributed by atoms with E-state index in [1.54, 1.807) is 6.92 Å². The lowest BCUT2D eigenvalue weighted by Crippen LogP contribution is -2.44. The molecule has 0 bridgehead atoms. The number of benzene rings is 2. The van der Waals surface area contributed by atoms with E-state index in [4.69, 9.17) is 5.10 Å². The van der Waals surface area contributed by atoms with Gasteiger partial charge in [-0.2, -0.15) is 5.10 Å². The van der Waals surface area contributed by atoms with Crippen LogP contribution in [0.5, 0.6) is 0 Å². The smallest absolute Gasteiger partial charge is 0.131 e. The van der Waals surface area contributed by atoms with Gasteiger partial charge in [-0.1, -0.05) is 60.7 Å². The highest BCUT2D eigenvalue weighted by molar-refractivity contribution is 6.07. The summed E-state index contributed by atoms with van der Waals surface area (Å²) in [5.74, 6) is 0.555. The van der Waals surface area contributed by atoms with Crippen LogP contribution >= 0.6 is 0 Å². The van der Waals surface area contributed by atoms with Gasteiger partial charge < -0.3 is 0 Å². The second-order valence-electron chi connectivity index (χ2n) is 7.79. The van der Waals surface area contributed by atoms with Crippen LogP contribution in [0.15, 0.2) is 71.3 Å². The van der Waals surface area contributed by atoms with E-state index in [2.05, 4.69) is 77.6 Å². The molecule has 0 aliphatic carbocycles. The molecule has 0 aromatic heterocycles. The molecule has 2 aliphatic rings. The third-order valence-electron chi connectivity index (χ3n) is 5.64. The normalized spacial score (nSPS) is 23.6. The number of hydrogen-bond acceptors (Lipinski definition) is 4. The number of piperidine rings is 1. The predicted octanol–water partition coefficient (Wildman–Crippen LogP) is 4.02. The fourth-order valence-electron chi connectivity index (χ4n) is 4.32. The Bertz CT molecular complexity index is 889. The van der Waals surface area contributed by atoms with Gasteiger partial charge in [0.25, 0.3) is 0 Å². The van der Waals surface area contributed by atoms with E-state index < -0.39 is 0 Å². The molecule has 2 aliphatic heterocycles. The zero-order chi connectivity index (χ0) is 19.5. The summed E-state index contributed by atoms with van der Waals surface area (Å²) in [5, 5.41) is 7.08. The molecule has 4 rings (SSSR count). The maximum absolute atomic E-state index is 11.6. The van der Waals surface area contributed by atoms with Gasteiger partial charge in [-0.15, -0.1) is 0 Å². The number of carbonyl (C=O) groups excluding carboxylic acids is 1. The van der Waals surface area contributed by atoms with E-state index in [-0.39, 0.29) is 11.8 Å². The summed E-state index contributed by atoms with van der Waals surface area (Å²) in [7, 11) is 2.07. The van der Waals surface area contributed by atoms with Crippen molar-refractivity contribution < 1.29 is 4.79 Å². The molecule has 4 nitrogen and oxygen atoms in total. The lowest BCUT2D eigenvalue weighted by Gasteiger charge is -2.36. The molecule has 1 fully saturated rings. The Labute approximate surface area is 167 Å². The molecule has 2 heterocycles. The quantitative estimate of drug-likeness (QED) is 0.794. The molecular weight excluding hydrogens is 346 g/mol. The summed E-state index contributed by atoms with van der Waals surface area (Å²) in [6.45, 7) is 4.25. The van der Waals surface area contributed by atoms with E-state index in [1.165, 1.54) is 22.4 Å². The summed E-state index contributed by atoms with van der Waals surface area (Å²) in [5.41, 5.74) is 4.94. The Morgan fingerprint density at radius 2 is 1.79 bits per heavy atom. The zero-order valence-electron chi connectivity index (χ0n) is 16.6. The van der Waals surface area contributed by atoms with Gasteiger partial charge in [-0.05, 0) is 29.7 Å². The Morgan fingerprint density at radius 3 is 2.46 bits per heavy atom. The van der Waals surface area contributed by atoms with E-state index >= 15 is 0 Å². The van der Waals surface area contributed by atoms with Crippen LogP contribution < -0.4 is 0 Å². The largest absolute Gasteiger partial charge is 0.300 e. The minimum Gasteiger partial charge on any atom is -0.300 e. The van der Waals surface area contributed by atoms with Gasteiger partial charge >= 0.3 is 0 Å². The highest BCUT2D eigenvalue weighted by Gasteiger charge is 2.41. The summed E-state index contributed by atoms with van der Waals surface area (Å²) < 4.78 is 0. The molecule has 28 heavy (non-hydrogen) atoms. The van der Waals surface area contributed by atoms with Crippen molar-refractivity contribution in [3.05, 3.63) is 77.4 Å². The van der Waals surface area contributed by atoms with Crippen molar-refractivity contribution in [1.82, 2.24) is 9.91 Å². The van der Waals surface area contributed by atoms with Crippen molar-refractivity contribution in [3.8, 4) is 0 Å². The van der Waals surface area contributed by atoms with Crippen LogP contribution in [0.4, 0.5) is 0 Å². The first kappa shape index (κ1) is 18.6. The van der Waals surface area contributed by atoms with Crippen LogP contribution in [0.25, 0.3) is 6.08 Å². The van der Waals surface area contributed by atoms with Crippen molar-refractivity contribution in [2.45, 2.75) is 19.4 Å². The van der Waals surface area contributed by atoms with E-state index in [0.29, 0.717) is 12.3 Å². The van der Waals surface area contributed by atoms with Gasteiger partial charge in [0.2, 0.25) is 0 Å². The van der Waals surface area contributed by atoms with Crippen molar-refractivity contribution in [2.75, 3.05) is 26.7 Å². The third-order valence-corrected chi connectivity index (χ3v) is 5.64. The molecular formula is C24H27N3O. The van der Waals surface area contributed by atoms with Crippen molar-refractivity contribution >= 4 is 17.6 Å².